The number of carbonyl (C=O) groups is 2. The van der Waals surface area contributed by atoms with E-state index in [1.165, 1.54) is 28.7 Å². The predicted octanol–water partition coefficient (Wildman–Crippen LogP) is 7.14. The highest BCUT2D eigenvalue weighted by atomic mass is 79.9. The maximum Gasteiger partial charge on any atom is 0.290 e. The van der Waals surface area contributed by atoms with E-state index in [0.29, 0.717) is 4.91 Å². The van der Waals surface area contributed by atoms with Gasteiger partial charge in [-0.05, 0) is 110 Å². The molecule has 2 amide bonds. The van der Waals surface area contributed by atoms with Crippen LogP contribution in [-0.2, 0) is 15.6 Å². The van der Waals surface area contributed by atoms with E-state index in [2.05, 4.69) is 79.4 Å². The van der Waals surface area contributed by atoms with E-state index in [1.807, 2.05) is 13.1 Å². The van der Waals surface area contributed by atoms with Crippen molar-refractivity contribution >= 4 is 50.6 Å². The summed E-state index contributed by atoms with van der Waals surface area (Å²) in [5.41, 5.74) is 8.48. The number of nitrogens with one attached hydrogen (secondary N) is 2. The molecular weight excluding hydrogens is 484 g/mol. The normalized spacial score (nSPS) is 20.3. The Hall–Kier alpha value is -2.05. The van der Waals surface area contributed by atoms with Gasteiger partial charge in [-0.25, -0.2) is 0 Å². The van der Waals surface area contributed by atoms with E-state index in [-0.39, 0.29) is 22.0 Å². The Balaban J connectivity index is 1.92. The van der Waals surface area contributed by atoms with E-state index in [9.17, 15) is 9.59 Å². The van der Waals surface area contributed by atoms with Crippen LogP contribution < -0.4 is 10.6 Å². The molecule has 1 saturated heterocycles. The Morgan fingerprint density at radius 2 is 1.62 bits per heavy atom. The zero-order valence-corrected chi connectivity index (χ0v) is 21.8. The second kappa shape index (κ2) is 8.07. The van der Waals surface area contributed by atoms with Crippen LogP contribution in [0.2, 0.25) is 0 Å². The third-order valence-electron chi connectivity index (χ3n) is 6.79. The Morgan fingerprint density at radius 1 is 1.00 bits per heavy atom. The highest BCUT2D eigenvalue weighted by Crippen LogP contribution is 2.48. The first kappa shape index (κ1) is 23.1. The van der Waals surface area contributed by atoms with Crippen LogP contribution in [-0.4, -0.2) is 18.2 Å². The molecule has 1 aliphatic heterocycles. The van der Waals surface area contributed by atoms with Crippen molar-refractivity contribution in [3.8, 4) is 11.1 Å². The predicted molar refractivity (Wildman–Crippen MR) is 138 cm³/mol. The minimum Gasteiger partial charge on any atom is -0.387 e. The molecule has 0 spiro atoms. The molecule has 2 N–H and O–H groups in total. The van der Waals surface area contributed by atoms with Crippen molar-refractivity contribution in [1.29, 1.82) is 0 Å². The highest BCUT2D eigenvalue weighted by molar-refractivity contribution is 9.10. The summed E-state index contributed by atoms with van der Waals surface area (Å²) < 4.78 is 0.913. The van der Waals surface area contributed by atoms with Gasteiger partial charge in [0.2, 0.25) is 0 Å². The molecule has 0 atom stereocenters. The van der Waals surface area contributed by atoms with E-state index in [4.69, 9.17) is 0 Å². The zero-order chi connectivity index (χ0) is 23.4. The molecule has 2 aliphatic rings. The first-order chi connectivity index (χ1) is 14.9. The molecule has 1 heterocycles. The number of fused-ring (bicyclic) bond motifs is 1. The molecule has 0 unspecified atom stereocenters. The van der Waals surface area contributed by atoms with Gasteiger partial charge in [0, 0.05) is 17.1 Å². The summed E-state index contributed by atoms with van der Waals surface area (Å²) in [5, 5.41) is 5.33. The molecule has 0 saturated carbocycles. The van der Waals surface area contributed by atoms with E-state index < -0.39 is 0 Å². The minimum atomic E-state index is -0.343. The number of carbonyl (C=O) groups excluding carboxylic acids is 2. The van der Waals surface area contributed by atoms with Gasteiger partial charge >= 0.3 is 0 Å². The number of thioether (sulfide) groups is 1. The number of benzene rings is 2. The number of hydrogen-bond donors (Lipinski definition) is 2. The molecular formula is C26H29BrN2O2S. The van der Waals surface area contributed by atoms with E-state index in [1.54, 1.807) is 6.08 Å². The number of halogens is 1. The largest absolute Gasteiger partial charge is 0.387 e. The summed E-state index contributed by atoms with van der Waals surface area (Å²) in [7, 11) is 1.92. The Morgan fingerprint density at radius 3 is 2.19 bits per heavy atom. The molecule has 2 aromatic rings. The quantitative estimate of drug-likeness (QED) is 0.429. The van der Waals surface area contributed by atoms with E-state index in [0.717, 1.165) is 39.5 Å². The third kappa shape index (κ3) is 4.03. The molecule has 0 bridgehead atoms. The molecule has 1 aliphatic carbocycles. The average Bonchev–Trinajstić information content (AvgIpc) is 3.01. The van der Waals surface area contributed by atoms with Crippen LogP contribution in [0.5, 0.6) is 0 Å². The summed E-state index contributed by atoms with van der Waals surface area (Å²) in [6.07, 6.45) is 4.12. The lowest BCUT2D eigenvalue weighted by Gasteiger charge is -2.42. The number of anilines is 1. The van der Waals surface area contributed by atoms with Crippen LogP contribution in [0.3, 0.4) is 0 Å². The van der Waals surface area contributed by atoms with Crippen molar-refractivity contribution in [2.75, 3.05) is 12.4 Å². The van der Waals surface area contributed by atoms with Gasteiger partial charge in [0.15, 0.2) is 0 Å². The molecule has 168 valence electrons. The molecule has 4 rings (SSSR count). The van der Waals surface area contributed by atoms with Crippen molar-refractivity contribution in [2.24, 2.45) is 0 Å². The van der Waals surface area contributed by atoms with Gasteiger partial charge in [-0.2, -0.15) is 0 Å². The second-order valence-corrected chi connectivity index (χ2v) is 11.9. The fraction of sp³-hybridized carbons (Fsp3) is 0.385. The van der Waals surface area contributed by atoms with Crippen LogP contribution in [0.25, 0.3) is 17.2 Å². The van der Waals surface area contributed by atoms with Gasteiger partial charge in [-0.3, -0.25) is 14.9 Å². The average molecular weight is 514 g/mol. The molecule has 0 aromatic heterocycles. The molecule has 2 aromatic carbocycles. The van der Waals surface area contributed by atoms with E-state index >= 15 is 0 Å². The summed E-state index contributed by atoms with van der Waals surface area (Å²) >= 11 is 4.64. The van der Waals surface area contributed by atoms with Gasteiger partial charge in [0.1, 0.15) is 0 Å². The monoisotopic (exact) mass is 512 g/mol. The fourth-order valence-corrected chi connectivity index (χ4v) is 6.12. The SMILES string of the molecule is CNc1c(Br)cc(/C=C2/SC(=O)NC2=O)cc1-c1cc2c(cc1C)C(C)(C)CCC2(C)C. The van der Waals surface area contributed by atoms with Gasteiger partial charge in [-0.15, -0.1) is 0 Å². The van der Waals surface area contributed by atoms with Crippen molar-refractivity contribution < 1.29 is 9.59 Å². The number of amides is 2. The molecule has 4 nitrogen and oxygen atoms in total. The van der Waals surface area contributed by atoms with Gasteiger partial charge in [0.05, 0.1) is 10.6 Å². The number of imide groups is 1. The first-order valence-corrected chi connectivity index (χ1v) is 12.5. The number of rotatable bonds is 3. The number of aryl methyl sites for hydroxylation is 1. The third-order valence-corrected chi connectivity index (χ3v) is 8.23. The molecule has 1 fully saturated rings. The molecule has 32 heavy (non-hydrogen) atoms. The first-order valence-electron chi connectivity index (χ1n) is 10.8. The van der Waals surface area contributed by atoms with Crippen molar-refractivity contribution in [1.82, 2.24) is 5.32 Å². The number of hydrogen-bond acceptors (Lipinski definition) is 4. The topological polar surface area (TPSA) is 58.2 Å². The van der Waals surface area contributed by atoms with Gasteiger partial charge in [-0.1, -0.05) is 33.8 Å². The van der Waals surface area contributed by atoms with Crippen molar-refractivity contribution in [3.05, 3.63) is 55.9 Å². The summed E-state index contributed by atoms with van der Waals surface area (Å²) in [4.78, 5) is 24.0. The van der Waals surface area contributed by atoms with Crippen molar-refractivity contribution in [3.63, 3.8) is 0 Å². The molecule has 6 heteroatoms. The molecule has 0 radical (unpaired) electrons. The lowest BCUT2D eigenvalue weighted by Crippen LogP contribution is -2.34. The highest BCUT2D eigenvalue weighted by Gasteiger charge is 2.37. The minimum absolute atomic E-state index is 0.114. The lowest BCUT2D eigenvalue weighted by atomic mass is 9.62. The van der Waals surface area contributed by atoms with Gasteiger partial charge in [0.25, 0.3) is 11.1 Å². The Bertz CT molecular complexity index is 1180. The van der Waals surface area contributed by atoms with Crippen LogP contribution in [0.1, 0.15) is 62.8 Å². The summed E-state index contributed by atoms with van der Waals surface area (Å²) in [6.45, 7) is 11.5. The lowest BCUT2D eigenvalue weighted by molar-refractivity contribution is -0.115. The van der Waals surface area contributed by atoms with Gasteiger partial charge < -0.3 is 5.32 Å². The summed E-state index contributed by atoms with van der Waals surface area (Å²) in [6, 6.07) is 8.80. The van der Waals surface area contributed by atoms with Crippen LogP contribution in [0.15, 0.2) is 33.6 Å². The fourth-order valence-electron chi connectivity index (χ4n) is 4.76. The maximum atomic E-state index is 12.1. The smallest absolute Gasteiger partial charge is 0.290 e. The maximum absolute atomic E-state index is 12.1. The van der Waals surface area contributed by atoms with Crippen LogP contribution in [0.4, 0.5) is 10.5 Å². The van der Waals surface area contributed by atoms with Crippen LogP contribution >= 0.6 is 27.7 Å². The standard InChI is InChI=1S/C26H29BrN2O2S/c1-14-9-18-19(26(4,5)8-7-25(18,2)3)13-16(14)17-10-15(11-20(27)22(17)28-6)12-21-23(30)29-24(31)32-21/h9-13,28H,7-8H2,1-6H3,(H,29,30,31)/b21-12+. The van der Waals surface area contributed by atoms with Crippen molar-refractivity contribution in [2.45, 2.75) is 58.3 Å². The Labute approximate surface area is 202 Å². The van der Waals surface area contributed by atoms with Crippen LogP contribution in [0, 0.1) is 6.92 Å². The Kier molecular flexibility index (Phi) is 5.83. The summed E-state index contributed by atoms with van der Waals surface area (Å²) in [5.74, 6) is -0.343. The second-order valence-electron chi connectivity index (χ2n) is 10.0. The zero-order valence-electron chi connectivity index (χ0n) is 19.4.